The number of amides is 1. The zero-order valence-electron chi connectivity index (χ0n) is 12.8. The van der Waals surface area contributed by atoms with Gasteiger partial charge in [0.05, 0.1) is 36.0 Å². The van der Waals surface area contributed by atoms with E-state index in [0.29, 0.717) is 27.1 Å². The maximum Gasteiger partial charge on any atom is 0.272 e. The lowest BCUT2D eigenvalue weighted by molar-refractivity contribution is 0.0955. The Hall–Kier alpha value is -1.95. The van der Waals surface area contributed by atoms with Gasteiger partial charge in [-0.05, 0) is 24.3 Å². The second-order valence-corrected chi connectivity index (χ2v) is 5.80. The first-order chi connectivity index (χ1) is 11.5. The van der Waals surface area contributed by atoms with Gasteiger partial charge in [0.2, 0.25) is 0 Å². The molecule has 2 aromatic rings. The molecule has 1 amide bonds. The Kier molecular flexibility index (Phi) is 6.31. The number of nitrogens with zero attached hydrogens (tertiary/aromatic N) is 1. The highest BCUT2D eigenvalue weighted by Crippen LogP contribution is 2.32. The van der Waals surface area contributed by atoms with Gasteiger partial charge >= 0.3 is 0 Å². The van der Waals surface area contributed by atoms with Crippen molar-refractivity contribution in [2.24, 2.45) is 5.10 Å². The number of ether oxygens (including phenoxy) is 2. The molecule has 5 nitrogen and oxygen atoms in total. The number of methoxy groups -OCH3 is 2. The van der Waals surface area contributed by atoms with Gasteiger partial charge in [-0.3, -0.25) is 4.79 Å². The molecule has 8 heteroatoms. The minimum atomic E-state index is -0.468. The van der Waals surface area contributed by atoms with Crippen molar-refractivity contribution in [3.63, 3.8) is 0 Å². The van der Waals surface area contributed by atoms with E-state index in [-0.39, 0.29) is 10.6 Å². The van der Waals surface area contributed by atoms with Crippen LogP contribution in [0.3, 0.4) is 0 Å². The van der Waals surface area contributed by atoms with Crippen LogP contribution in [0.5, 0.6) is 11.5 Å². The van der Waals surface area contributed by atoms with E-state index in [1.807, 2.05) is 0 Å². The molecule has 0 heterocycles. The second-order valence-electron chi connectivity index (χ2n) is 4.55. The number of hydrogen-bond donors (Lipinski definition) is 1. The number of carbonyl (C=O) groups is 1. The Morgan fingerprint density at radius 3 is 2.33 bits per heavy atom. The summed E-state index contributed by atoms with van der Waals surface area (Å²) >= 11 is 17.9. The Balaban J connectivity index is 2.15. The van der Waals surface area contributed by atoms with E-state index in [2.05, 4.69) is 10.5 Å². The van der Waals surface area contributed by atoms with Gasteiger partial charge < -0.3 is 9.47 Å². The Morgan fingerprint density at radius 1 is 1.04 bits per heavy atom. The van der Waals surface area contributed by atoms with Crippen LogP contribution in [-0.2, 0) is 0 Å². The van der Waals surface area contributed by atoms with E-state index in [0.717, 1.165) is 0 Å². The molecular formula is C16H13Cl3N2O3. The van der Waals surface area contributed by atoms with Gasteiger partial charge in [-0.15, -0.1) is 0 Å². The number of carbonyl (C=O) groups excluding carboxylic acids is 1. The number of halogens is 3. The number of benzene rings is 2. The van der Waals surface area contributed by atoms with Crippen molar-refractivity contribution < 1.29 is 14.3 Å². The molecule has 0 unspecified atom stereocenters. The van der Waals surface area contributed by atoms with Crippen LogP contribution in [0.2, 0.25) is 15.1 Å². The molecule has 126 valence electrons. The summed E-state index contributed by atoms with van der Waals surface area (Å²) in [6, 6.07) is 7.80. The van der Waals surface area contributed by atoms with Crippen molar-refractivity contribution in [1.82, 2.24) is 5.43 Å². The van der Waals surface area contributed by atoms with Crippen LogP contribution in [0.4, 0.5) is 0 Å². The van der Waals surface area contributed by atoms with Crippen molar-refractivity contribution >= 4 is 46.9 Å². The highest BCUT2D eigenvalue weighted by molar-refractivity contribution is 6.36. The van der Waals surface area contributed by atoms with Crippen LogP contribution in [0.15, 0.2) is 35.4 Å². The summed E-state index contributed by atoms with van der Waals surface area (Å²) in [6.07, 6.45) is 1.39. The average Bonchev–Trinajstić information content (AvgIpc) is 2.55. The Bertz CT molecular complexity index is 794. The predicted octanol–water partition coefficient (Wildman–Crippen LogP) is 4.43. The van der Waals surface area contributed by atoms with Crippen LogP contribution in [0, 0.1) is 0 Å². The van der Waals surface area contributed by atoms with Gasteiger partial charge in [0.25, 0.3) is 5.91 Å². The van der Waals surface area contributed by atoms with Crippen LogP contribution in [0.25, 0.3) is 0 Å². The molecule has 0 saturated carbocycles. The third-order valence-corrected chi connectivity index (χ3v) is 3.92. The molecule has 2 rings (SSSR count). The molecule has 24 heavy (non-hydrogen) atoms. The summed E-state index contributed by atoms with van der Waals surface area (Å²) in [5.74, 6) is 0.525. The molecule has 0 fully saturated rings. The lowest BCUT2D eigenvalue weighted by Gasteiger charge is -2.09. The van der Waals surface area contributed by atoms with Gasteiger partial charge in [-0.1, -0.05) is 34.8 Å². The summed E-state index contributed by atoms with van der Waals surface area (Å²) < 4.78 is 10.3. The molecular weight excluding hydrogens is 375 g/mol. The number of rotatable bonds is 5. The zero-order chi connectivity index (χ0) is 17.7. The second kappa shape index (κ2) is 8.24. The normalized spacial score (nSPS) is 10.7. The molecule has 0 radical (unpaired) electrons. The maximum atomic E-state index is 12.0. The van der Waals surface area contributed by atoms with Crippen LogP contribution in [-0.4, -0.2) is 26.3 Å². The number of hydrogen-bond acceptors (Lipinski definition) is 4. The molecule has 0 aliphatic heterocycles. The van der Waals surface area contributed by atoms with Crippen molar-refractivity contribution in [3.8, 4) is 11.5 Å². The lowest BCUT2D eigenvalue weighted by Crippen LogP contribution is -2.18. The Morgan fingerprint density at radius 2 is 1.71 bits per heavy atom. The Labute approximate surface area is 154 Å². The largest absolute Gasteiger partial charge is 0.493 e. The van der Waals surface area contributed by atoms with E-state index in [4.69, 9.17) is 44.3 Å². The smallest absolute Gasteiger partial charge is 0.272 e. The fourth-order valence-corrected chi connectivity index (χ4v) is 2.56. The highest BCUT2D eigenvalue weighted by atomic mass is 35.5. The van der Waals surface area contributed by atoms with Crippen LogP contribution >= 0.6 is 34.8 Å². The van der Waals surface area contributed by atoms with Gasteiger partial charge in [0.1, 0.15) is 0 Å². The summed E-state index contributed by atoms with van der Waals surface area (Å²) in [4.78, 5) is 12.0. The van der Waals surface area contributed by atoms with E-state index in [1.54, 1.807) is 18.2 Å². The fourth-order valence-electron chi connectivity index (χ4n) is 1.86. The molecule has 0 bridgehead atoms. The minimum absolute atomic E-state index is 0.236. The third kappa shape index (κ3) is 4.32. The quantitative estimate of drug-likeness (QED) is 0.610. The summed E-state index contributed by atoms with van der Waals surface area (Å²) in [6.45, 7) is 0. The van der Waals surface area contributed by atoms with Crippen molar-refractivity contribution in [2.45, 2.75) is 0 Å². The first-order valence-corrected chi connectivity index (χ1v) is 7.79. The number of nitrogens with one attached hydrogen (secondary N) is 1. The zero-order valence-corrected chi connectivity index (χ0v) is 15.0. The van der Waals surface area contributed by atoms with E-state index < -0.39 is 5.91 Å². The van der Waals surface area contributed by atoms with Crippen LogP contribution < -0.4 is 14.9 Å². The summed E-state index contributed by atoms with van der Waals surface area (Å²) in [7, 11) is 3.02. The average molecular weight is 388 g/mol. The van der Waals surface area contributed by atoms with E-state index >= 15 is 0 Å². The van der Waals surface area contributed by atoms with Gasteiger partial charge in [-0.25, -0.2) is 5.43 Å². The monoisotopic (exact) mass is 386 g/mol. The SMILES string of the molecule is COc1cc(Cl)c(/C=N\NC(=O)c2ccc(Cl)cc2Cl)cc1OC. The first-order valence-electron chi connectivity index (χ1n) is 6.66. The van der Waals surface area contributed by atoms with E-state index in [1.165, 1.54) is 32.6 Å². The first kappa shape index (κ1) is 18.4. The summed E-state index contributed by atoms with van der Waals surface area (Å²) in [5.41, 5.74) is 3.19. The third-order valence-electron chi connectivity index (χ3n) is 3.05. The molecule has 0 spiro atoms. The fraction of sp³-hybridized carbons (Fsp3) is 0.125. The molecule has 0 aliphatic rings. The van der Waals surface area contributed by atoms with Gasteiger partial charge in [-0.2, -0.15) is 5.10 Å². The van der Waals surface area contributed by atoms with Gasteiger partial charge in [0.15, 0.2) is 11.5 Å². The van der Waals surface area contributed by atoms with Crippen LogP contribution in [0.1, 0.15) is 15.9 Å². The van der Waals surface area contributed by atoms with Crippen molar-refractivity contribution in [2.75, 3.05) is 14.2 Å². The highest BCUT2D eigenvalue weighted by Gasteiger charge is 2.11. The molecule has 0 aliphatic carbocycles. The topological polar surface area (TPSA) is 59.9 Å². The lowest BCUT2D eigenvalue weighted by atomic mass is 10.2. The van der Waals surface area contributed by atoms with Crippen molar-refractivity contribution in [3.05, 3.63) is 56.5 Å². The summed E-state index contributed by atoms with van der Waals surface area (Å²) in [5, 5.41) is 4.95. The standard InChI is InChI=1S/C16H13Cl3N2O3/c1-23-14-5-9(12(18)7-15(14)24-2)8-20-21-16(22)11-4-3-10(17)6-13(11)19/h3-8H,1-2H3,(H,21,22)/b20-8-. The molecule has 0 saturated heterocycles. The van der Waals surface area contributed by atoms with Crippen molar-refractivity contribution in [1.29, 1.82) is 0 Å². The molecule has 1 N–H and O–H groups in total. The number of hydrazone groups is 1. The molecule has 0 aromatic heterocycles. The predicted molar refractivity (Wildman–Crippen MR) is 96.1 cm³/mol. The van der Waals surface area contributed by atoms with E-state index in [9.17, 15) is 4.79 Å². The van der Waals surface area contributed by atoms with Gasteiger partial charge in [0, 0.05) is 16.7 Å². The molecule has 0 atom stereocenters. The maximum absolute atomic E-state index is 12.0. The minimum Gasteiger partial charge on any atom is -0.493 e. The molecule has 2 aromatic carbocycles.